The van der Waals surface area contributed by atoms with Gasteiger partial charge in [0.1, 0.15) is 5.15 Å². The van der Waals surface area contributed by atoms with Crippen LogP contribution in [0.1, 0.15) is 24.9 Å². The molecule has 1 heterocycles. The normalized spacial score (nSPS) is 11.9. The van der Waals surface area contributed by atoms with E-state index in [0.29, 0.717) is 0 Å². The summed E-state index contributed by atoms with van der Waals surface area (Å²) in [6.45, 7) is 2.00. The van der Waals surface area contributed by atoms with Gasteiger partial charge in [0.25, 0.3) is 0 Å². The van der Waals surface area contributed by atoms with Gasteiger partial charge >= 0.3 is 5.69 Å². The Labute approximate surface area is 121 Å². The number of aromatic nitrogens is 1. The van der Waals surface area contributed by atoms with E-state index in [4.69, 9.17) is 11.6 Å². The van der Waals surface area contributed by atoms with Gasteiger partial charge in [-0.2, -0.15) is 0 Å². The molecular formula is C14H14ClN3O2. The first kappa shape index (κ1) is 14.3. The highest BCUT2D eigenvalue weighted by Crippen LogP contribution is 2.29. The Bertz CT molecular complexity index is 605. The lowest BCUT2D eigenvalue weighted by molar-refractivity contribution is -0.384. The van der Waals surface area contributed by atoms with Crippen LogP contribution < -0.4 is 5.32 Å². The lowest BCUT2D eigenvalue weighted by Crippen LogP contribution is -2.12. The lowest BCUT2D eigenvalue weighted by atomic mass is 10.0. The number of halogens is 1. The minimum atomic E-state index is -0.469. The maximum atomic E-state index is 11.0. The Kier molecular flexibility index (Phi) is 4.53. The SMILES string of the molecule is CC[C@@H](Nc1nc(Cl)ccc1[N+](=O)[O-])c1ccccc1. The third kappa shape index (κ3) is 3.24. The molecule has 0 aliphatic heterocycles. The van der Waals surface area contributed by atoms with Gasteiger partial charge < -0.3 is 5.32 Å². The highest BCUT2D eigenvalue weighted by atomic mass is 35.5. The van der Waals surface area contributed by atoms with E-state index >= 15 is 0 Å². The number of nitrogens with zero attached hydrogens (tertiary/aromatic N) is 2. The Morgan fingerprint density at radius 3 is 2.60 bits per heavy atom. The number of hydrogen-bond donors (Lipinski definition) is 1. The first-order chi connectivity index (χ1) is 9.61. The highest BCUT2D eigenvalue weighted by Gasteiger charge is 2.19. The smallest absolute Gasteiger partial charge is 0.311 e. The van der Waals surface area contributed by atoms with Crippen LogP contribution in [-0.4, -0.2) is 9.91 Å². The van der Waals surface area contributed by atoms with Crippen LogP contribution in [0.5, 0.6) is 0 Å². The molecule has 104 valence electrons. The molecule has 6 heteroatoms. The van der Waals surface area contributed by atoms with E-state index in [1.54, 1.807) is 0 Å². The highest BCUT2D eigenvalue weighted by molar-refractivity contribution is 6.29. The molecule has 1 aromatic heterocycles. The third-order valence-corrected chi connectivity index (χ3v) is 3.17. The second-order valence-electron chi connectivity index (χ2n) is 4.27. The number of anilines is 1. The molecule has 5 nitrogen and oxygen atoms in total. The number of rotatable bonds is 5. The maximum Gasteiger partial charge on any atom is 0.311 e. The van der Waals surface area contributed by atoms with Crippen molar-refractivity contribution in [2.24, 2.45) is 0 Å². The Morgan fingerprint density at radius 1 is 1.30 bits per heavy atom. The third-order valence-electron chi connectivity index (χ3n) is 2.96. The minimum absolute atomic E-state index is 0.0548. The minimum Gasteiger partial charge on any atom is -0.358 e. The monoisotopic (exact) mass is 291 g/mol. The van der Waals surface area contributed by atoms with Crippen molar-refractivity contribution in [2.45, 2.75) is 19.4 Å². The number of nitrogens with one attached hydrogen (secondary N) is 1. The molecule has 0 unspecified atom stereocenters. The molecule has 1 N–H and O–H groups in total. The molecule has 0 saturated heterocycles. The number of pyridine rings is 1. The Hall–Kier alpha value is -2.14. The average molecular weight is 292 g/mol. The second-order valence-corrected chi connectivity index (χ2v) is 4.66. The van der Waals surface area contributed by atoms with Crippen molar-refractivity contribution in [3.8, 4) is 0 Å². The molecule has 0 fully saturated rings. The quantitative estimate of drug-likeness (QED) is 0.509. The van der Waals surface area contributed by atoms with Gasteiger partial charge in [-0.25, -0.2) is 4.98 Å². The number of benzene rings is 1. The van der Waals surface area contributed by atoms with Crippen molar-refractivity contribution in [2.75, 3.05) is 5.32 Å². The molecule has 20 heavy (non-hydrogen) atoms. The molecule has 0 amide bonds. The predicted molar refractivity (Wildman–Crippen MR) is 79.0 cm³/mol. The molecule has 0 saturated carbocycles. The molecule has 0 aliphatic carbocycles. The largest absolute Gasteiger partial charge is 0.358 e. The van der Waals surface area contributed by atoms with E-state index in [-0.39, 0.29) is 22.7 Å². The summed E-state index contributed by atoms with van der Waals surface area (Å²) >= 11 is 5.82. The zero-order chi connectivity index (χ0) is 14.5. The topological polar surface area (TPSA) is 68.1 Å². The van der Waals surface area contributed by atoms with Crippen LogP contribution in [0.25, 0.3) is 0 Å². The zero-order valence-corrected chi connectivity index (χ0v) is 11.7. The van der Waals surface area contributed by atoms with Crippen molar-refractivity contribution < 1.29 is 4.92 Å². The summed E-state index contributed by atoms with van der Waals surface area (Å²) in [4.78, 5) is 14.6. The molecule has 0 aliphatic rings. The summed E-state index contributed by atoms with van der Waals surface area (Å²) in [5, 5.41) is 14.3. The van der Waals surface area contributed by atoms with Gasteiger partial charge in [0, 0.05) is 6.07 Å². The standard InChI is InChI=1S/C14H14ClN3O2/c1-2-11(10-6-4-3-5-7-10)16-14-12(18(19)20)8-9-13(15)17-14/h3-9,11H,2H2,1H3,(H,16,17)/t11-/m1/s1. The fourth-order valence-electron chi connectivity index (χ4n) is 1.95. The molecule has 1 aromatic carbocycles. The summed E-state index contributed by atoms with van der Waals surface area (Å²) in [6, 6.07) is 12.4. The van der Waals surface area contributed by atoms with Crippen LogP contribution >= 0.6 is 11.6 Å². The summed E-state index contributed by atoms with van der Waals surface area (Å²) in [7, 11) is 0. The molecule has 1 atom stereocenters. The van der Waals surface area contributed by atoms with Gasteiger partial charge in [0.05, 0.1) is 11.0 Å². The molecule has 0 radical (unpaired) electrons. The van der Waals surface area contributed by atoms with E-state index in [9.17, 15) is 10.1 Å². The first-order valence-electron chi connectivity index (χ1n) is 6.24. The van der Waals surface area contributed by atoms with E-state index in [0.717, 1.165) is 12.0 Å². The van der Waals surface area contributed by atoms with Crippen molar-refractivity contribution in [3.05, 3.63) is 63.3 Å². The number of hydrogen-bond acceptors (Lipinski definition) is 4. The van der Waals surface area contributed by atoms with Crippen molar-refractivity contribution >= 4 is 23.1 Å². The van der Waals surface area contributed by atoms with E-state index in [1.807, 2.05) is 37.3 Å². The van der Waals surface area contributed by atoms with Gasteiger partial charge in [-0.05, 0) is 18.1 Å². The number of nitro groups is 1. The van der Waals surface area contributed by atoms with E-state index in [2.05, 4.69) is 10.3 Å². The van der Waals surface area contributed by atoms with Crippen molar-refractivity contribution in [1.82, 2.24) is 4.98 Å². The van der Waals surface area contributed by atoms with Gasteiger partial charge in [0.15, 0.2) is 0 Å². The molecule has 0 spiro atoms. The van der Waals surface area contributed by atoms with Crippen LogP contribution in [-0.2, 0) is 0 Å². The van der Waals surface area contributed by atoms with Gasteiger partial charge in [-0.15, -0.1) is 0 Å². The molecule has 2 rings (SSSR count). The van der Waals surface area contributed by atoms with Crippen molar-refractivity contribution in [1.29, 1.82) is 0 Å². The predicted octanol–water partition coefficient (Wildman–Crippen LogP) is 4.21. The first-order valence-corrected chi connectivity index (χ1v) is 6.62. The summed E-state index contributed by atoms with van der Waals surface area (Å²) in [6.07, 6.45) is 0.773. The Morgan fingerprint density at radius 2 is 2.00 bits per heavy atom. The van der Waals surface area contributed by atoms with Crippen LogP contribution in [0.15, 0.2) is 42.5 Å². The molecule has 2 aromatic rings. The summed E-state index contributed by atoms with van der Waals surface area (Å²) in [5.41, 5.74) is 0.967. The van der Waals surface area contributed by atoms with Crippen LogP contribution in [0, 0.1) is 10.1 Å². The summed E-state index contributed by atoms with van der Waals surface area (Å²) in [5.74, 6) is 0.193. The molecule has 0 bridgehead atoms. The van der Waals surface area contributed by atoms with E-state index in [1.165, 1.54) is 12.1 Å². The van der Waals surface area contributed by atoms with Gasteiger partial charge in [0.2, 0.25) is 5.82 Å². The van der Waals surface area contributed by atoms with Crippen LogP contribution in [0.2, 0.25) is 5.15 Å². The second kappa shape index (κ2) is 6.34. The maximum absolute atomic E-state index is 11.0. The summed E-state index contributed by atoms with van der Waals surface area (Å²) < 4.78 is 0. The molecular weight excluding hydrogens is 278 g/mol. The van der Waals surface area contributed by atoms with Gasteiger partial charge in [-0.3, -0.25) is 10.1 Å². The van der Waals surface area contributed by atoms with Crippen LogP contribution in [0.3, 0.4) is 0 Å². The average Bonchev–Trinajstić information content (AvgIpc) is 2.45. The zero-order valence-electron chi connectivity index (χ0n) is 10.9. The Balaban J connectivity index is 2.32. The fraction of sp³-hybridized carbons (Fsp3) is 0.214. The van der Waals surface area contributed by atoms with Crippen molar-refractivity contribution in [3.63, 3.8) is 0 Å². The van der Waals surface area contributed by atoms with E-state index < -0.39 is 4.92 Å². The van der Waals surface area contributed by atoms with Gasteiger partial charge in [-0.1, -0.05) is 48.9 Å². The lowest BCUT2D eigenvalue weighted by Gasteiger charge is -2.18. The van der Waals surface area contributed by atoms with Crippen LogP contribution in [0.4, 0.5) is 11.5 Å². The fourth-order valence-corrected chi connectivity index (χ4v) is 2.10.